The molecule has 1 N–H and O–H groups in total. The fourth-order valence-corrected chi connectivity index (χ4v) is 2.34. The third kappa shape index (κ3) is 2.34. The van der Waals surface area contributed by atoms with Crippen molar-refractivity contribution in [3.05, 3.63) is 78.4 Å². The van der Waals surface area contributed by atoms with Crippen molar-refractivity contribution in [2.45, 2.75) is 6.04 Å². The number of benzene rings is 3. The lowest BCUT2D eigenvalue weighted by Gasteiger charge is -2.15. The summed E-state index contributed by atoms with van der Waals surface area (Å²) in [7, 11) is 0. The summed E-state index contributed by atoms with van der Waals surface area (Å²) in [5, 5.41) is 15.0. The maximum atomic E-state index is 9.40. The number of nitriles is 1. The van der Waals surface area contributed by atoms with Gasteiger partial charge in [0, 0.05) is 11.1 Å². The molecule has 0 aliphatic carbocycles. The van der Waals surface area contributed by atoms with E-state index in [-0.39, 0.29) is 6.04 Å². The molecule has 0 heterocycles. The van der Waals surface area contributed by atoms with E-state index in [1.54, 1.807) is 0 Å². The van der Waals surface area contributed by atoms with Crippen molar-refractivity contribution in [3.8, 4) is 6.07 Å². The van der Waals surface area contributed by atoms with Crippen LogP contribution >= 0.6 is 0 Å². The van der Waals surface area contributed by atoms with Gasteiger partial charge in [-0.3, -0.25) is 0 Å². The Labute approximate surface area is 118 Å². The quantitative estimate of drug-likeness (QED) is 0.750. The molecule has 0 aliphatic rings. The van der Waals surface area contributed by atoms with Crippen LogP contribution in [0.4, 0.5) is 5.69 Å². The zero-order chi connectivity index (χ0) is 13.8. The van der Waals surface area contributed by atoms with E-state index in [1.807, 2.05) is 54.6 Å². The molecule has 2 nitrogen and oxygen atoms in total. The van der Waals surface area contributed by atoms with Gasteiger partial charge in [-0.15, -0.1) is 0 Å². The lowest BCUT2D eigenvalue weighted by Crippen LogP contribution is -2.08. The zero-order valence-electron chi connectivity index (χ0n) is 11.0. The summed E-state index contributed by atoms with van der Waals surface area (Å²) in [5.41, 5.74) is 1.96. The van der Waals surface area contributed by atoms with Gasteiger partial charge in [-0.05, 0) is 17.0 Å². The second-order valence-corrected chi connectivity index (χ2v) is 4.64. The van der Waals surface area contributed by atoms with Crippen molar-refractivity contribution >= 4 is 16.5 Å². The third-order valence-corrected chi connectivity index (χ3v) is 3.35. The number of fused-ring (bicyclic) bond motifs is 1. The van der Waals surface area contributed by atoms with Crippen LogP contribution in [0.1, 0.15) is 11.6 Å². The molecule has 0 aliphatic heterocycles. The number of nitrogens with one attached hydrogen (secondary N) is 1. The van der Waals surface area contributed by atoms with Crippen LogP contribution in [0.15, 0.2) is 72.8 Å². The number of hydrogen-bond donors (Lipinski definition) is 1. The van der Waals surface area contributed by atoms with Crippen LogP contribution in [0.5, 0.6) is 0 Å². The Balaban J connectivity index is 1.99. The van der Waals surface area contributed by atoms with Crippen molar-refractivity contribution in [2.75, 3.05) is 5.32 Å². The number of hydrogen-bond acceptors (Lipinski definition) is 2. The van der Waals surface area contributed by atoms with Crippen molar-refractivity contribution in [1.29, 1.82) is 5.26 Å². The van der Waals surface area contributed by atoms with Crippen LogP contribution in [-0.4, -0.2) is 0 Å². The highest BCUT2D eigenvalue weighted by atomic mass is 14.9. The normalized spacial score (nSPS) is 11.8. The average molecular weight is 258 g/mol. The molecule has 0 bridgehead atoms. The number of nitrogens with zero attached hydrogens (tertiary/aromatic N) is 1. The van der Waals surface area contributed by atoms with E-state index in [4.69, 9.17) is 0 Å². The van der Waals surface area contributed by atoms with Crippen LogP contribution < -0.4 is 5.32 Å². The standard InChI is InChI=1S/C18H14N2/c19-13-18(15-8-2-1-3-9-15)20-17-12-6-10-14-7-4-5-11-16(14)17/h1-12,18,20H/t18-/m1/s1. The molecule has 0 radical (unpaired) electrons. The van der Waals surface area contributed by atoms with Gasteiger partial charge in [0.25, 0.3) is 0 Å². The topological polar surface area (TPSA) is 35.8 Å². The molecule has 2 heteroatoms. The van der Waals surface area contributed by atoms with Crippen molar-refractivity contribution < 1.29 is 0 Å². The fourth-order valence-electron chi connectivity index (χ4n) is 2.34. The fraction of sp³-hybridized carbons (Fsp3) is 0.0556. The first kappa shape index (κ1) is 12.3. The minimum atomic E-state index is -0.345. The van der Waals surface area contributed by atoms with Gasteiger partial charge in [0.05, 0.1) is 6.07 Å². The van der Waals surface area contributed by atoms with Crippen LogP contribution in [0, 0.1) is 11.3 Å². The van der Waals surface area contributed by atoms with E-state index in [1.165, 1.54) is 5.39 Å². The number of anilines is 1. The van der Waals surface area contributed by atoms with Gasteiger partial charge >= 0.3 is 0 Å². The monoisotopic (exact) mass is 258 g/mol. The molecule has 0 spiro atoms. The van der Waals surface area contributed by atoms with Crippen LogP contribution in [0.2, 0.25) is 0 Å². The molecule has 0 aromatic heterocycles. The molecular weight excluding hydrogens is 244 g/mol. The highest BCUT2D eigenvalue weighted by Crippen LogP contribution is 2.26. The van der Waals surface area contributed by atoms with E-state index in [0.717, 1.165) is 16.6 Å². The minimum Gasteiger partial charge on any atom is -0.366 e. The largest absolute Gasteiger partial charge is 0.366 e. The summed E-state index contributed by atoms with van der Waals surface area (Å²) >= 11 is 0. The molecular formula is C18H14N2. The zero-order valence-corrected chi connectivity index (χ0v) is 11.0. The summed E-state index contributed by atoms with van der Waals surface area (Å²) in [5.74, 6) is 0. The predicted octanol–water partition coefficient (Wildman–Crippen LogP) is 4.52. The summed E-state index contributed by atoms with van der Waals surface area (Å²) in [6.45, 7) is 0. The summed E-state index contributed by atoms with van der Waals surface area (Å²) < 4.78 is 0. The summed E-state index contributed by atoms with van der Waals surface area (Å²) in [4.78, 5) is 0. The lowest BCUT2D eigenvalue weighted by molar-refractivity contribution is 1.00. The van der Waals surface area contributed by atoms with Gasteiger partial charge < -0.3 is 5.32 Å². The molecule has 3 aromatic carbocycles. The Kier molecular flexibility index (Phi) is 3.34. The Bertz CT molecular complexity index is 752. The molecule has 0 unspecified atom stereocenters. The van der Waals surface area contributed by atoms with E-state index in [0.29, 0.717) is 0 Å². The molecule has 96 valence electrons. The average Bonchev–Trinajstić information content (AvgIpc) is 2.53. The maximum absolute atomic E-state index is 9.40. The Morgan fingerprint density at radius 3 is 2.30 bits per heavy atom. The van der Waals surface area contributed by atoms with Gasteiger partial charge in [0.15, 0.2) is 0 Å². The molecule has 0 saturated carbocycles. The second-order valence-electron chi connectivity index (χ2n) is 4.64. The minimum absolute atomic E-state index is 0.345. The second kappa shape index (κ2) is 5.46. The van der Waals surface area contributed by atoms with Gasteiger partial charge in [0.2, 0.25) is 0 Å². The third-order valence-electron chi connectivity index (χ3n) is 3.35. The first-order valence-corrected chi connectivity index (χ1v) is 6.57. The Morgan fingerprint density at radius 2 is 1.50 bits per heavy atom. The van der Waals surface area contributed by atoms with Gasteiger partial charge in [0.1, 0.15) is 6.04 Å². The summed E-state index contributed by atoms with van der Waals surface area (Å²) in [6.07, 6.45) is 0. The molecule has 3 aromatic rings. The van der Waals surface area contributed by atoms with Crippen molar-refractivity contribution in [2.24, 2.45) is 0 Å². The van der Waals surface area contributed by atoms with Crippen LogP contribution in [0.3, 0.4) is 0 Å². The van der Waals surface area contributed by atoms with E-state index in [2.05, 4.69) is 29.6 Å². The Hall–Kier alpha value is -2.79. The molecule has 20 heavy (non-hydrogen) atoms. The van der Waals surface area contributed by atoms with Crippen LogP contribution in [-0.2, 0) is 0 Å². The first-order chi connectivity index (χ1) is 9.88. The highest BCUT2D eigenvalue weighted by molar-refractivity contribution is 5.94. The SMILES string of the molecule is N#C[C@@H](Nc1cccc2ccccc12)c1ccccc1. The molecule has 0 fully saturated rings. The van der Waals surface area contributed by atoms with Crippen LogP contribution in [0.25, 0.3) is 10.8 Å². The predicted molar refractivity (Wildman–Crippen MR) is 82.4 cm³/mol. The Morgan fingerprint density at radius 1 is 0.800 bits per heavy atom. The molecule has 0 amide bonds. The van der Waals surface area contributed by atoms with E-state index >= 15 is 0 Å². The van der Waals surface area contributed by atoms with Gasteiger partial charge in [-0.2, -0.15) is 5.26 Å². The molecule has 3 rings (SSSR count). The summed E-state index contributed by atoms with van der Waals surface area (Å²) in [6, 6.07) is 26.0. The van der Waals surface area contributed by atoms with E-state index < -0.39 is 0 Å². The lowest BCUT2D eigenvalue weighted by atomic mass is 10.1. The molecule has 1 atom stereocenters. The van der Waals surface area contributed by atoms with Gasteiger partial charge in [-0.1, -0.05) is 66.7 Å². The van der Waals surface area contributed by atoms with Crippen molar-refractivity contribution in [1.82, 2.24) is 0 Å². The highest BCUT2D eigenvalue weighted by Gasteiger charge is 2.10. The van der Waals surface area contributed by atoms with Crippen molar-refractivity contribution in [3.63, 3.8) is 0 Å². The smallest absolute Gasteiger partial charge is 0.140 e. The maximum Gasteiger partial charge on any atom is 0.140 e. The van der Waals surface area contributed by atoms with Gasteiger partial charge in [-0.25, -0.2) is 0 Å². The van der Waals surface area contributed by atoms with E-state index in [9.17, 15) is 5.26 Å². The number of rotatable bonds is 3. The molecule has 0 saturated heterocycles. The first-order valence-electron chi connectivity index (χ1n) is 6.57.